The van der Waals surface area contributed by atoms with E-state index in [1.54, 1.807) is 31.2 Å². The van der Waals surface area contributed by atoms with Crippen LogP contribution in [0.1, 0.15) is 5.56 Å². The number of halogens is 4. The summed E-state index contributed by atoms with van der Waals surface area (Å²) >= 11 is 0. The number of rotatable bonds is 3. The van der Waals surface area contributed by atoms with Crippen LogP contribution < -0.4 is 0 Å². The SMILES string of the molecule is Cc1cccc([S+](c2c(F)cccc2F)c2c(F)cccc2F)c1. The molecule has 122 valence electrons. The molecule has 0 aliphatic heterocycles. The summed E-state index contributed by atoms with van der Waals surface area (Å²) in [5.41, 5.74) is 0.832. The van der Waals surface area contributed by atoms with E-state index in [1.807, 2.05) is 0 Å². The third-order valence-corrected chi connectivity index (χ3v) is 5.79. The van der Waals surface area contributed by atoms with Crippen molar-refractivity contribution >= 4 is 10.9 Å². The van der Waals surface area contributed by atoms with Gasteiger partial charge in [-0.1, -0.05) is 24.3 Å². The van der Waals surface area contributed by atoms with Crippen LogP contribution in [0.2, 0.25) is 0 Å². The third kappa shape index (κ3) is 3.04. The van der Waals surface area contributed by atoms with Crippen LogP contribution in [0.5, 0.6) is 0 Å². The quantitative estimate of drug-likeness (QED) is 0.424. The summed E-state index contributed by atoms with van der Waals surface area (Å²) in [6.07, 6.45) is 0. The minimum absolute atomic E-state index is 0.341. The molecule has 0 atom stereocenters. The van der Waals surface area contributed by atoms with E-state index >= 15 is 0 Å². The van der Waals surface area contributed by atoms with Gasteiger partial charge in [0.05, 0.1) is 0 Å². The summed E-state index contributed by atoms with van der Waals surface area (Å²) in [5.74, 6) is -3.32. The van der Waals surface area contributed by atoms with Crippen molar-refractivity contribution in [3.05, 3.63) is 89.5 Å². The highest BCUT2D eigenvalue weighted by molar-refractivity contribution is 7.97. The second kappa shape index (κ2) is 6.69. The molecular weight excluding hydrogens is 336 g/mol. The Balaban J connectivity index is 2.34. The van der Waals surface area contributed by atoms with Gasteiger partial charge in [-0.3, -0.25) is 0 Å². The maximum Gasteiger partial charge on any atom is 0.237 e. The summed E-state index contributed by atoms with van der Waals surface area (Å²) < 4.78 is 57.4. The molecule has 5 heteroatoms. The fraction of sp³-hybridized carbons (Fsp3) is 0.0526. The normalized spacial score (nSPS) is 11.1. The van der Waals surface area contributed by atoms with E-state index in [1.165, 1.54) is 12.1 Å². The van der Waals surface area contributed by atoms with E-state index in [9.17, 15) is 17.6 Å². The van der Waals surface area contributed by atoms with E-state index < -0.39 is 34.2 Å². The first-order chi connectivity index (χ1) is 11.5. The first kappa shape index (κ1) is 16.6. The molecule has 3 aromatic carbocycles. The van der Waals surface area contributed by atoms with Gasteiger partial charge >= 0.3 is 0 Å². The predicted molar refractivity (Wildman–Crippen MR) is 86.1 cm³/mol. The molecule has 0 nitrogen and oxygen atoms in total. The van der Waals surface area contributed by atoms with Gasteiger partial charge in [0.25, 0.3) is 0 Å². The van der Waals surface area contributed by atoms with Crippen molar-refractivity contribution in [2.24, 2.45) is 0 Å². The van der Waals surface area contributed by atoms with Crippen LogP contribution in [0.3, 0.4) is 0 Å². The Kier molecular flexibility index (Phi) is 4.62. The van der Waals surface area contributed by atoms with Gasteiger partial charge in [0, 0.05) is 0 Å². The van der Waals surface area contributed by atoms with Gasteiger partial charge < -0.3 is 0 Å². The topological polar surface area (TPSA) is 0 Å². The Morgan fingerprint density at radius 2 is 1.04 bits per heavy atom. The zero-order chi connectivity index (χ0) is 17.3. The Hall–Kier alpha value is -2.27. The molecular formula is C19H13F4S+. The average Bonchev–Trinajstić information content (AvgIpc) is 2.53. The largest absolute Gasteiger partial charge is 0.237 e. The zero-order valence-electron chi connectivity index (χ0n) is 12.7. The Labute approximate surface area is 140 Å². The highest BCUT2D eigenvalue weighted by Crippen LogP contribution is 2.37. The minimum atomic E-state index is -1.57. The lowest BCUT2D eigenvalue weighted by Crippen LogP contribution is -2.13. The standard InChI is InChI=1S/C19H13F4S/c1-12-5-2-6-13(11-12)24(18-14(20)7-3-8-15(18)21)19-16(22)9-4-10-17(19)23/h2-11H,1H3/q+1. The number of hydrogen-bond donors (Lipinski definition) is 0. The molecule has 24 heavy (non-hydrogen) atoms. The van der Waals surface area contributed by atoms with Gasteiger partial charge in [-0.2, -0.15) is 0 Å². The first-order valence-electron chi connectivity index (χ1n) is 7.18. The van der Waals surface area contributed by atoms with E-state index in [4.69, 9.17) is 0 Å². The van der Waals surface area contributed by atoms with Crippen molar-refractivity contribution in [1.29, 1.82) is 0 Å². The van der Waals surface area contributed by atoms with Crippen LogP contribution in [-0.2, 0) is 10.9 Å². The van der Waals surface area contributed by atoms with Gasteiger partial charge in [-0.25, -0.2) is 17.6 Å². The van der Waals surface area contributed by atoms with Crippen molar-refractivity contribution in [3.8, 4) is 0 Å². The van der Waals surface area contributed by atoms with Gasteiger partial charge in [0.2, 0.25) is 9.79 Å². The summed E-state index contributed by atoms with van der Waals surface area (Å²) in [5, 5.41) is 0. The number of hydrogen-bond acceptors (Lipinski definition) is 0. The lowest BCUT2D eigenvalue weighted by Gasteiger charge is -2.11. The van der Waals surface area contributed by atoms with E-state index in [0.29, 0.717) is 4.90 Å². The monoisotopic (exact) mass is 349 g/mol. The molecule has 0 saturated heterocycles. The fourth-order valence-electron chi connectivity index (χ4n) is 2.44. The lowest BCUT2D eigenvalue weighted by molar-refractivity contribution is 0.528. The van der Waals surface area contributed by atoms with Gasteiger partial charge in [0.1, 0.15) is 10.9 Å². The van der Waals surface area contributed by atoms with Crippen LogP contribution in [-0.4, -0.2) is 0 Å². The molecule has 0 bridgehead atoms. The Morgan fingerprint density at radius 1 is 0.625 bits per heavy atom. The van der Waals surface area contributed by atoms with Crippen LogP contribution >= 0.6 is 0 Å². The maximum atomic E-state index is 14.4. The molecule has 0 aromatic heterocycles. The van der Waals surface area contributed by atoms with Crippen molar-refractivity contribution in [2.75, 3.05) is 0 Å². The molecule has 0 spiro atoms. The van der Waals surface area contributed by atoms with E-state index in [0.717, 1.165) is 29.8 Å². The van der Waals surface area contributed by atoms with E-state index in [2.05, 4.69) is 0 Å². The highest BCUT2D eigenvalue weighted by Gasteiger charge is 2.40. The molecule has 0 amide bonds. The highest BCUT2D eigenvalue weighted by atomic mass is 32.2. The smallest absolute Gasteiger partial charge is 0.201 e. The summed E-state index contributed by atoms with van der Waals surface area (Å²) in [4.78, 5) is -0.234. The summed E-state index contributed by atoms with van der Waals surface area (Å²) in [6.45, 7) is 1.81. The molecule has 0 N–H and O–H groups in total. The second-order valence-electron chi connectivity index (χ2n) is 5.22. The van der Waals surface area contributed by atoms with Crippen LogP contribution in [0.15, 0.2) is 75.4 Å². The molecule has 3 aromatic rings. The maximum absolute atomic E-state index is 14.4. The fourth-order valence-corrected chi connectivity index (χ4v) is 4.68. The molecule has 0 heterocycles. The van der Waals surface area contributed by atoms with Crippen molar-refractivity contribution in [1.82, 2.24) is 0 Å². The van der Waals surface area contributed by atoms with Crippen molar-refractivity contribution < 1.29 is 17.6 Å². The van der Waals surface area contributed by atoms with Crippen LogP contribution in [0.25, 0.3) is 0 Å². The van der Waals surface area contributed by atoms with Crippen molar-refractivity contribution in [3.63, 3.8) is 0 Å². The predicted octanol–water partition coefficient (Wildman–Crippen LogP) is 5.65. The van der Waals surface area contributed by atoms with Gasteiger partial charge in [-0.05, 0) is 48.9 Å². The van der Waals surface area contributed by atoms with Gasteiger partial charge in [0.15, 0.2) is 28.2 Å². The van der Waals surface area contributed by atoms with Crippen LogP contribution in [0.4, 0.5) is 17.6 Å². The molecule has 0 unspecified atom stereocenters. The molecule has 0 aliphatic rings. The zero-order valence-corrected chi connectivity index (χ0v) is 13.5. The number of benzene rings is 3. The Bertz CT molecular complexity index is 800. The summed E-state index contributed by atoms with van der Waals surface area (Å²) in [6, 6.07) is 13.6. The average molecular weight is 349 g/mol. The molecule has 0 fully saturated rings. The van der Waals surface area contributed by atoms with Crippen LogP contribution in [0, 0.1) is 30.2 Å². The first-order valence-corrected chi connectivity index (χ1v) is 8.40. The third-order valence-electron chi connectivity index (χ3n) is 3.47. The molecule has 0 radical (unpaired) electrons. The molecule has 0 saturated carbocycles. The minimum Gasteiger partial charge on any atom is -0.201 e. The van der Waals surface area contributed by atoms with Crippen molar-refractivity contribution in [2.45, 2.75) is 21.6 Å². The van der Waals surface area contributed by atoms with E-state index in [-0.39, 0.29) is 9.79 Å². The second-order valence-corrected chi connectivity index (χ2v) is 7.12. The Morgan fingerprint density at radius 3 is 1.46 bits per heavy atom. The van der Waals surface area contributed by atoms with Gasteiger partial charge in [-0.15, -0.1) is 0 Å². The summed E-state index contributed by atoms with van der Waals surface area (Å²) in [7, 11) is -1.57. The number of aryl methyl sites for hydroxylation is 1. The molecule has 3 rings (SSSR count). The molecule has 0 aliphatic carbocycles. The lowest BCUT2D eigenvalue weighted by atomic mass is 10.2.